The lowest BCUT2D eigenvalue weighted by Gasteiger charge is -2.16. The van der Waals surface area contributed by atoms with E-state index in [4.69, 9.17) is 18.9 Å². The second kappa shape index (κ2) is 9.29. The van der Waals surface area contributed by atoms with Gasteiger partial charge in [-0.1, -0.05) is 0 Å². The molecule has 7 nitrogen and oxygen atoms in total. The zero-order valence-corrected chi connectivity index (χ0v) is 14.6. The first kappa shape index (κ1) is 19.1. The fourth-order valence-electron chi connectivity index (χ4n) is 2.79. The van der Waals surface area contributed by atoms with Gasteiger partial charge in [0, 0.05) is 50.8 Å². The van der Waals surface area contributed by atoms with Crippen LogP contribution in [0.15, 0.2) is 12.1 Å². The van der Waals surface area contributed by atoms with Gasteiger partial charge in [0.1, 0.15) is 12.4 Å². The molecule has 0 bridgehead atoms. The molecule has 1 fully saturated rings. The molecular weight excluding hydrogens is 336 g/mol. The maximum atomic E-state index is 9.83. The van der Waals surface area contributed by atoms with Crippen LogP contribution < -0.4 is 24.8 Å². The summed E-state index contributed by atoms with van der Waals surface area (Å²) in [6.45, 7) is 4.15. The van der Waals surface area contributed by atoms with Gasteiger partial charge in [-0.05, 0) is 6.07 Å². The van der Waals surface area contributed by atoms with Crippen LogP contribution in [0.1, 0.15) is 5.56 Å². The van der Waals surface area contributed by atoms with Gasteiger partial charge in [-0.3, -0.25) is 0 Å². The number of fused-ring (bicyclic) bond motifs is 1. The summed E-state index contributed by atoms with van der Waals surface area (Å²) in [6.07, 6.45) is -0.281. The van der Waals surface area contributed by atoms with Crippen LogP contribution >= 0.6 is 12.4 Å². The van der Waals surface area contributed by atoms with Crippen LogP contribution in [0, 0.1) is 5.92 Å². The zero-order chi connectivity index (χ0) is 16.1. The third kappa shape index (κ3) is 4.64. The molecule has 24 heavy (non-hydrogen) atoms. The van der Waals surface area contributed by atoms with Crippen LogP contribution in [0.2, 0.25) is 0 Å². The Morgan fingerprint density at radius 3 is 2.75 bits per heavy atom. The van der Waals surface area contributed by atoms with Crippen LogP contribution in [-0.4, -0.2) is 58.0 Å². The van der Waals surface area contributed by atoms with Crippen molar-refractivity contribution in [1.82, 2.24) is 10.6 Å². The lowest BCUT2D eigenvalue weighted by molar-refractivity contribution is 0.144. The molecule has 2 heterocycles. The molecule has 3 rings (SSSR count). The Hall–Kier alpha value is -1.25. The molecule has 0 amide bonds. The number of β-amino-alcohol motifs (C(OH)–C–C–N with tert-alkyl or cyclic N) is 1. The molecule has 2 aliphatic rings. The minimum Gasteiger partial charge on any atom is -0.491 e. The van der Waals surface area contributed by atoms with Gasteiger partial charge in [-0.15, -0.1) is 12.4 Å². The number of aliphatic hydroxyl groups excluding tert-OH is 1. The van der Waals surface area contributed by atoms with Gasteiger partial charge >= 0.3 is 0 Å². The average Bonchev–Trinajstić information content (AvgIpc) is 3.16. The Labute approximate surface area is 148 Å². The van der Waals surface area contributed by atoms with E-state index < -0.39 is 0 Å². The van der Waals surface area contributed by atoms with Gasteiger partial charge in [-0.2, -0.15) is 0 Å². The largest absolute Gasteiger partial charge is 0.491 e. The van der Waals surface area contributed by atoms with E-state index in [9.17, 15) is 5.11 Å². The maximum Gasteiger partial charge on any atom is 0.231 e. The molecule has 0 saturated carbocycles. The molecule has 1 aromatic carbocycles. The monoisotopic (exact) mass is 360 g/mol. The van der Waals surface area contributed by atoms with Crippen molar-refractivity contribution >= 4 is 12.4 Å². The molecule has 2 unspecified atom stereocenters. The summed E-state index contributed by atoms with van der Waals surface area (Å²) < 4.78 is 21.7. The topological polar surface area (TPSA) is 81.2 Å². The van der Waals surface area contributed by atoms with Crippen molar-refractivity contribution in [3.05, 3.63) is 17.7 Å². The Bertz CT molecular complexity index is 531. The van der Waals surface area contributed by atoms with Crippen LogP contribution in [0.25, 0.3) is 0 Å². The van der Waals surface area contributed by atoms with Crippen molar-refractivity contribution in [2.75, 3.05) is 46.8 Å². The smallest absolute Gasteiger partial charge is 0.231 e. The van der Waals surface area contributed by atoms with Gasteiger partial charge in [0.2, 0.25) is 6.79 Å². The number of hydrogen-bond donors (Lipinski definition) is 3. The van der Waals surface area contributed by atoms with E-state index in [0.717, 1.165) is 30.2 Å². The summed E-state index contributed by atoms with van der Waals surface area (Å²) in [4.78, 5) is 0. The highest BCUT2D eigenvalue weighted by atomic mass is 35.5. The molecular formula is C16H25ClN2O5. The molecule has 8 heteroatoms. The highest BCUT2D eigenvalue weighted by Gasteiger charge is 2.24. The van der Waals surface area contributed by atoms with Crippen LogP contribution in [-0.2, 0) is 11.3 Å². The summed E-state index contributed by atoms with van der Waals surface area (Å²) >= 11 is 0. The van der Waals surface area contributed by atoms with Gasteiger partial charge < -0.3 is 34.7 Å². The summed E-state index contributed by atoms with van der Waals surface area (Å²) in [5, 5.41) is 16.4. The van der Waals surface area contributed by atoms with Crippen LogP contribution in [0.5, 0.6) is 17.2 Å². The zero-order valence-electron chi connectivity index (χ0n) is 13.7. The molecule has 1 saturated heterocycles. The average molecular weight is 361 g/mol. The van der Waals surface area contributed by atoms with Gasteiger partial charge in [0.15, 0.2) is 11.5 Å². The van der Waals surface area contributed by atoms with E-state index in [1.165, 1.54) is 0 Å². The summed E-state index contributed by atoms with van der Waals surface area (Å²) in [6, 6.07) is 3.81. The third-order valence-electron chi connectivity index (χ3n) is 4.13. The van der Waals surface area contributed by atoms with E-state index in [-0.39, 0.29) is 31.2 Å². The first-order valence-corrected chi connectivity index (χ1v) is 7.91. The molecule has 3 N–H and O–H groups in total. The standard InChI is InChI=1S/C16H24N2O5.ClH/c1-20-2-3-21-14-5-16-15(22-10-23-16)4-11(14)6-17-7-12-8-18-9-13(12)19;/h4-5,12-13,17-19H,2-3,6-10H2,1H3;1H. The van der Waals surface area contributed by atoms with Crippen molar-refractivity contribution in [3.8, 4) is 17.2 Å². The lowest BCUT2D eigenvalue weighted by atomic mass is 10.1. The number of ether oxygens (including phenoxy) is 4. The maximum absolute atomic E-state index is 9.83. The fraction of sp³-hybridized carbons (Fsp3) is 0.625. The van der Waals surface area contributed by atoms with E-state index in [1.54, 1.807) is 7.11 Å². The number of halogens is 1. The molecule has 1 aromatic rings. The Morgan fingerprint density at radius 2 is 2.04 bits per heavy atom. The van der Waals surface area contributed by atoms with Gasteiger partial charge in [0.05, 0.1) is 12.7 Å². The second-order valence-corrected chi connectivity index (χ2v) is 5.77. The Morgan fingerprint density at radius 1 is 1.25 bits per heavy atom. The summed E-state index contributed by atoms with van der Waals surface area (Å²) in [5.74, 6) is 2.45. The lowest BCUT2D eigenvalue weighted by Crippen LogP contribution is -2.30. The first-order chi connectivity index (χ1) is 11.3. The molecule has 0 aromatic heterocycles. The van der Waals surface area contributed by atoms with Crippen LogP contribution in [0.3, 0.4) is 0 Å². The van der Waals surface area contributed by atoms with E-state index >= 15 is 0 Å². The fourth-order valence-corrected chi connectivity index (χ4v) is 2.79. The number of benzene rings is 1. The predicted octanol–water partition coefficient (Wildman–Crippen LogP) is 0.532. The molecule has 0 aliphatic carbocycles. The SMILES string of the molecule is COCCOc1cc2c(cc1CNCC1CNCC1O)OCO2.Cl. The number of nitrogens with one attached hydrogen (secondary N) is 2. The van der Waals surface area contributed by atoms with Crippen molar-refractivity contribution < 1.29 is 24.1 Å². The minimum atomic E-state index is -0.281. The summed E-state index contributed by atoms with van der Waals surface area (Å²) in [7, 11) is 1.65. The quantitative estimate of drug-likeness (QED) is 0.583. The van der Waals surface area contributed by atoms with E-state index in [2.05, 4.69) is 10.6 Å². The van der Waals surface area contributed by atoms with E-state index in [0.29, 0.717) is 32.1 Å². The number of aliphatic hydroxyl groups is 1. The summed E-state index contributed by atoms with van der Waals surface area (Å²) in [5.41, 5.74) is 1.01. The minimum absolute atomic E-state index is 0. The van der Waals surface area contributed by atoms with E-state index in [1.807, 2.05) is 12.1 Å². The van der Waals surface area contributed by atoms with Crippen molar-refractivity contribution in [2.45, 2.75) is 12.6 Å². The number of methoxy groups -OCH3 is 1. The van der Waals surface area contributed by atoms with Gasteiger partial charge in [-0.25, -0.2) is 0 Å². The molecule has 136 valence electrons. The first-order valence-electron chi connectivity index (χ1n) is 7.91. The van der Waals surface area contributed by atoms with Gasteiger partial charge in [0.25, 0.3) is 0 Å². The predicted molar refractivity (Wildman–Crippen MR) is 91.3 cm³/mol. The van der Waals surface area contributed by atoms with Crippen molar-refractivity contribution in [1.29, 1.82) is 0 Å². The van der Waals surface area contributed by atoms with Crippen LogP contribution in [0.4, 0.5) is 0 Å². The highest BCUT2D eigenvalue weighted by molar-refractivity contribution is 5.85. The molecule has 0 radical (unpaired) electrons. The Kier molecular flexibility index (Phi) is 7.39. The van der Waals surface area contributed by atoms with Crippen molar-refractivity contribution in [3.63, 3.8) is 0 Å². The molecule has 2 aliphatic heterocycles. The van der Waals surface area contributed by atoms with Crippen molar-refractivity contribution in [2.24, 2.45) is 5.92 Å². The normalized spacial score (nSPS) is 21.6. The number of hydrogen-bond acceptors (Lipinski definition) is 7. The highest BCUT2D eigenvalue weighted by Crippen LogP contribution is 2.38. The molecule has 0 spiro atoms. The molecule has 2 atom stereocenters. The third-order valence-corrected chi connectivity index (χ3v) is 4.13. The Balaban J connectivity index is 0.00000208. The number of rotatable bonds is 8. The second-order valence-electron chi connectivity index (χ2n) is 5.77.